The van der Waals surface area contributed by atoms with Crippen LogP contribution in [0.2, 0.25) is 36.3 Å². The van der Waals surface area contributed by atoms with Gasteiger partial charge in [0.15, 0.2) is 39.6 Å². The minimum atomic E-state index is -2.12. The Kier molecular flexibility index (Phi) is 23.2. The van der Waals surface area contributed by atoms with Crippen molar-refractivity contribution in [2.24, 2.45) is 0 Å². The number of anilines is 2. The summed E-state index contributed by atoms with van der Waals surface area (Å²) < 4.78 is 48.4. The number of benzene rings is 2. The first kappa shape index (κ1) is 64.2. The van der Waals surface area contributed by atoms with E-state index >= 15 is 0 Å². The van der Waals surface area contributed by atoms with Crippen LogP contribution < -0.4 is 29.6 Å². The maximum absolute atomic E-state index is 14.6. The summed E-state index contributed by atoms with van der Waals surface area (Å²) in [4.78, 5) is 59.1. The van der Waals surface area contributed by atoms with Crippen LogP contribution in [0.4, 0.5) is 21.0 Å². The Morgan fingerprint density at radius 1 is 0.645 bits per heavy atom. The standard InChI is InChI=1S/C56H90N4O12S2Si2/c1-37(2)74-73-26-25-69-52(63)57-44-31-48(46(65-14)29-42(44)50(61)59-33-38(3)27-40(59)35-70-75(16,17)55(8,9)10)67-23-21-20-22-24-68-49-32-45(58-53(64)72-54(5,6)7)43(30-47(49)66-15)51(62)60-34-39(4)28-41(60)36-71-76(18,19)56(11,12)13/h29-32,37,40-41H,3-4,20-28,33-36H2,1-2,5-19H3,(H,57,63)(H,58,64)/t40-,41-/m0/s1. The summed E-state index contributed by atoms with van der Waals surface area (Å²) in [6.07, 6.45) is 1.74. The van der Waals surface area contributed by atoms with Gasteiger partial charge >= 0.3 is 12.2 Å². The lowest BCUT2D eigenvalue weighted by atomic mass is 10.1. The van der Waals surface area contributed by atoms with E-state index < -0.39 is 34.4 Å². The van der Waals surface area contributed by atoms with Crippen molar-refractivity contribution in [1.82, 2.24) is 9.80 Å². The fourth-order valence-corrected chi connectivity index (χ4v) is 11.7. The Balaban J connectivity index is 1.49. The number of nitrogens with zero attached hydrogens (tertiary/aromatic N) is 2. The normalized spacial score (nSPS) is 16.5. The van der Waals surface area contributed by atoms with Gasteiger partial charge in [-0.05, 0) is 101 Å². The van der Waals surface area contributed by atoms with Crippen molar-refractivity contribution in [3.05, 3.63) is 59.7 Å². The summed E-state index contributed by atoms with van der Waals surface area (Å²) in [6.45, 7) is 42.0. The number of ether oxygens (including phenoxy) is 6. The molecule has 2 atom stereocenters. The number of hydrogen-bond acceptors (Lipinski definition) is 14. The van der Waals surface area contributed by atoms with Crippen molar-refractivity contribution in [3.8, 4) is 23.0 Å². The first-order valence-electron chi connectivity index (χ1n) is 26.4. The molecule has 0 radical (unpaired) electrons. The number of rotatable bonds is 25. The maximum atomic E-state index is 14.6. The fraction of sp³-hybridized carbons (Fsp3) is 0.643. The molecule has 0 spiro atoms. The Hall–Kier alpha value is -4.35. The highest BCUT2D eigenvalue weighted by Gasteiger charge is 2.42. The lowest BCUT2D eigenvalue weighted by Crippen LogP contribution is -2.46. The lowest BCUT2D eigenvalue weighted by Gasteiger charge is -2.38. The summed E-state index contributed by atoms with van der Waals surface area (Å²) in [5.74, 6) is 1.33. The maximum Gasteiger partial charge on any atom is 0.412 e. The number of carbonyl (C=O) groups excluding carboxylic acids is 4. The van der Waals surface area contributed by atoms with E-state index in [4.69, 9.17) is 37.3 Å². The molecule has 16 nitrogen and oxygen atoms in total. The van der Waals surface area contributed by atoms with E-state index in [1.54, 1.807) is 76.4 Å². The number of likely N-dealkylation sites (tertiary alicyclic amines) is 2. The summed E-state index contributed by atoms with van der Waals surface area (Å²) in [6, 6.07) is 5.94. The van der Waals surface area contributed by atoms with Gasteiger partial charge in [-0.25, -0.2) is 9.59 Å². The van der Waals surface area contributed by atoms with Gasteiger partial charge in [0.25, 0.3) is 11.8 Å². The first-order chi connectivity index (χ1) is 35.3. The molecule has 0 aliphatic carbocycles. The molecule has 0 bridgehead atoms. The second-order valence-corrected chi connectivity index (χ2v) is 36.6. The average molecular weight is 1130 g/mol. The van der Waals surface area contributed by atoms with E-state index in [0.717, 1.165) is 11.1 Å². The summed E-state index contributed by atoms with van der Waals surface area (Å²) in [7, 11) is 2.10. The predicted octanol–water partition coefficient (Wildman–Crippen LogP) is 13.6. The third-order valence-electron chi connectivity index (χ3n) is 14.0. The largest absolute Gasteiger partial charge is 0.493 e. The molecule has 2 aliphatic rings. The summed E-state index contributed by atoms with van der Waals surface area (Å²) >= 11 is 0. The zero-order valence-electron chi connectivity index (χ0n) is 48.8. The number of unbranched alkanes of at least 4 members (excludes halogenated alkanes) is 2. The minimum Gasteiger partial charge on any atom is -0.493 e. The Morgan fingerprint density at radius 2 is 1.07 bits per heavy atom. The van der Waals surface area contributed by atoms with Crippen LogP contribution in [0.25, 0.3) is 0 Å². The number of methoxy groups -OCH3 is 2. The van der Waals surface area contributed by atoms with Crippen LogP contribution in [0.3, 0.4) is 0 Å². The van der Waals surface area contributed by atoms with E-state index in [2.05, 4.69) is 105 Å². The van der Waals surface area contributed by atoms with Gasteiger partial charge in [-0.2, -0.15) is 0 Å². The quantitative estimate of drug-likeness (QED) is 0.0416. The van der Waals surface area contributed by atoms with Gasteiger partial charge < -0.3 is 47.1 Å². The van der Waals surface area contributed by atoms with Crippen molar-refractivity contribution in [2.75, 3.05) is 76.7 Å². The van der Waals surface area contributed by atoms with Crippen LogP contribution in [-0.2, 0) is 18.3 Å². The highest BCUT2D eigenvalue weighted by molar-refractivity contribution is 8.76. The first-order valence-corrected chi connectivity index (χ1v) is 34.6. The Labute approximate surface area is 464 Å². The second-order valence-electron chi connectivity index (χ2n) is 23.9. The van der Waals surface area contributed by atoms with Crippen molar-refractivity contribution in [1.29, 1.82) is 0 Å². The van der Waals surface area contributed by atoms with Crippen molar-refractivity contribution < 1.29 is 56.5 Å². The van der Waals surface area contributed by atoms with E-state index in [-0.39, 0.29) is 76.3 Å². The van der Waals surface area contributed by atoms with Crippen LogP contribution >= 0.6 is 21.6 Å². The van der Waals surface area contributed by atoms with Crippen molar-refractivity contribution in [2.45, 2.75) is 167 Å². The topological polar surface area (TPSA) is 173 Å². The predicted molar refractivity (Wildman–Crippen MR) is 314 cm³/mol. The van der Waals surface area contributed by atoms with Gasteiger partial charge in [0, 0.05) is 36.2 Å². The van der Waals surface area contributed by atoms with Crippen LogP contribution in [0, 0.1) is 0 Å². The molecule has 2 aromatic rings. The molecular formula is C56H90N4O12S2Si2. The number of amides is 4. The zero-order chi connectivity index (χ0) is 57.0. The molecule has 2 N–H and O–H groups in total. The van der Waals surface area contributed by atoms with Gasteiger partial charge in [0.05, 0.1) is 75.2 Å². The van der Waals surface area contributed by atoms with Crippen LogP contribution in [0.15, 0.2) is 48.6 Å². The third kappa shape index (κ3) is 18.7. The van der Waals surface area contributed by atoms with Gasteiger partial charge in [-0.1, -0.05) is 101 Å². The third-order valence-corrected chi connectivity index (χ3v) is 25.9. The molecule has 2 heterocycles. The molecule has 0 saturated carbocycles. The summed E-state index contributed by atoms with van der Waals surface area (Å²) in [5.41, 5.74) is 1.95. The molecule has 426 valence electrons. The Morgan fingerprint density at radius 3 is 1.45 bits per heavy atom. The minimum absolute atomic E-state index is 0.00598. The van der Waals surface area contributed by atoms with E-state index in [0.29, 0.717) is 92.4 Å². The Bertz CT molecular complexity index is 2360. The van der Waals surface area contributed by atoms with E-state index in [9.17, 15) is 19.2 Å². The molecule has 0 unspecified atom stereocenters. The zero-order valence-corrected chi connectivity index (χ0v) is 52.4. The van der Waals surface area contributed by atoms with E-state index in [1.807, 2.05) is 0 Å². The molecule has 2 fully saturated rings. The van der Waals surface area contributed by atoms with Gasteiger partial charge in [0.1, 0.15) is 12.2 Å². The van der Waals surface area contributed by atoms with Crippen molar-refractivity contribution in [3.63, 3.8) is 0 Å². The van der Waals surface area contributed by atoms with Gasteiger partial charge in [-0.3, -0.25) is 20.2 Å². The smallest absolute Gasteiger partial charge is 0.412 e. The molecular weight excluding hydrogens is 1040 g/mol. The van der Waals surface area contributed by atoms with Gasteiger partial charge in [-0.15, -0.1) is 0 Å². The molecule has 2 aromatic carbocycles. The second kappa shape index (κ2) is 27.5. The van der Waals surface area contributed by atoms with E-state index in [1.165, 1.54) is 14.2 Å². The number of carbonyl (C=O) groups is 4. The highest BCUT2D eigenvalue weighted by atomic mass is 33.1. The average Bonchev–Trinajstić information content (AvgIpc) is 3.88. The summed E-state index contributed by atoms with van der Waals surface area (Å²) in [5, 5.41) is 6.05. The number of nitrogens with one attached hydrogen (secondary N) is 2. The van der Waals surface area contributed by atoms with Crippen LogP contribution in [0.5, 0.6) is 23.0 Å². The highest BCUT2D eigenvalue weighted by Crippen LogP contribution is 2.41. The lowest BCUT2D eigenvalue weighted by molar-refractivity contribution is 0.0634. The SMILES string of the molecule is C=C1C[C@@H](CO[Si](C)(C)C(C)(C)C)N(C(=O)c2cc(OC)c(OCCCCCOc3cc(NC(=O)OC(C)(C)C)c(C(=O)N4CC(=C)C[C@H]4CO[Si](C)(C)C(C)(C)C)cc3OC)cc2NC(=O)OCCSSC(C)C)C1. The van der Waals surface area contributed by atoms with Gasteiger partial charge in [0.2, 0.25) is 0 Å². The molecule has 2 aliphatic heterocycles. The molecule has 20 heteroatoms. The molecule has 76 heavy (non-hydrogen) atoms. The fourth-order valence-electron chi connectivity index (χ4n) is 7.76. The molecule has 4 rings (SSSR count). The van der Waals surface area contributed by atoms with Crippen LogP contribution in [0.1, 0.15) is 129 Å². The molecule has 4 amide bonds. The number of hydrogen-bond donors (Lipinski definition) is 2. The monoisotopic (exact) mass is 1130 g/mol. The molecule has 0 aromatic heterocycles. The molecule has 2 saturated heterocycles. The van der Waals surface area contributed by atoms with Crippen LogP contribution in [-0.4, -0.2) is 139 Å². The van der Waals surface area contributed by atoms with Crippen molar-refractivity contribution >= 4 is 73.6 Å².